The maximum atomic E-state index is 13.9. The Labute approximate surface area is 231 Å². The second-order valence-corrected chi connectivity index (χ2v) is 12.9. The zero-order valence-corrected chi connectivity index (χ0v) is 23.7. The summed E-state index contributed by atoms with van der Waals surface area (Å²) in [5, 5.41) is 10.4. The molecule has 0 amide bonds. The molecule has 8 heteroatoms. The Kier molecular flexibility index (Phi) is 7.66. The predicted octanol–water partition coefficient (Wildman–Crippen LogP) is 5.46. The van der Waals surface area contributed by atoms with E-state index >= 15 is 0 Å². The first-order valence-electron chi connectivity index (χ1n) is 13.7. The lowest BCUT2D eigenvalue weighted by Gasteiger charge is -2.36. The van der Waals surface area contributed by atoms with Crippen molar-refractivity contribution in [3.8, 4) is 6.07 Å². The van der Waals surface area contributed by atoms with E-state index in [2.05, 4.69) is 4.90 Å². The molecule has 7 nitrogen and oxygen atoms in total. The first-order valence-corrected chi connectivity index (χ1v) is 15.2. The molecule has 0 spiro atoms. The lowest BCUT2D eigenvalue weighted by molar-refractivity contribution is 0.103. The second-order valence-electron chi connectivity index (χ2n) is 11.1. The summed E-state index contributed by atoms with van der Waals surface area (Å²) in [4.78, 5) is 17.9. The normalized spacial score (nSPS) is 17.9. The van der Waals surface area contributed by atoms with Gasteiger partial charge in [-0.2, -0.15) is 5.26 Å². The third-order valence-electron chi connectivity index (χ3n) is 8.17. The van der Waals surface area contributed by atoms with Crippen LogP contribution in [0.3, 0.4) is 0 Å². The fraction of sp³-hybridized carbons (Fsp3) is 0.419. The molecule has 1 aliphatic carbocycles. The molecule has 5 rings (SSSR count). The Hall–Kier alpha value is -3.41. The molecule has 1 aliphatic heterocycles. The van der Waals surface area contributed by atoms with Crippen LogP contribution < -0.4 is 0 Å². The number of allylic oxidation sites excluding steroid dienone is 1. The lowest BCUT2D eigenvalue weighted by atomic mass is 9.88. The number of hydrogen-bond acceptors (Lipinski definition) is 6. The molecule has 2 aliphatic rings. The van der Waals surface area contributed by atoms with E-state index in [-0.39, 0.29) is 16.2 Å². The van der Waals surface area contributed by atoms with Crippen LogP contribution in [0.1, 0.15) is 66.1 Å². The maximum absolute atomic E-state index is 13.9. The molecule has 3 aromatic rings. The van der Waals surface area contributed by atoms with Gasteiger partial charge in [-0.05, 0) is 87.5 Å². The molecular weight excluding hydrogens is 508 g/mol. The molecule has 39 heavy (non-hydrogen) atoms. The molecule has 2 heterocycles. The number of benzene rings is 2. The molecule has 1 saturated carbocycles. The Bertz CT molecular complexity index is 1550. The molecule has 0 N–H and O–H groups in total. The van der Waals surface area contributed by atoms with E-state index in [9.17, 15) is 18.5 Å². The average Bonchev–Trinajstić information content (AvgIpc) is 3.60. The van der Waals surface area contributed by atoms with Crippen LogP contribution in [-0.4, -0.2) is 61.2 Å². The number of nitriles is 1. The van der Waals surface area contributed by atoms with Gasteiger partial charge in [0.05, 0.1) is 10.4 Å². The average molecular weight is 545 g/mol. The first-order chi connectivity index (χ1) is 18.7. The summed E-state index contributed by atoms with van der Waals surface area (Å²) in [7, 11) is -0.669. The number of Topliss-reactive ketones (excluding diaryl/α,β-unsaturated/α-hetero) is 1. The van der Waals surface area contributed by atoms with Gasteiger partial charge in [0.1, 0.15) is 17.3 Å². The first kappa shape index (κ1) is 27.2. The molecule has 0 unspecified atom stereocenters. The number of rotatable bonds is 7. The molecule has 0 radical (unpaired) electrons. The summed E-state index contributed by atoms with van der Waals surface area (Å²) >= 11 is 0. The van der Waals surface area contributed by atoms with E-state index < -0.39 is 15.8 Å². The predicted molar refractivity (Wildman–Crippen MR) is 153 cm³/mol. The number of carbonyl (C=O) groups is 1. The van der Waals surface area contributed by atoms with Gasteiger partial charge in [0.25, 0.3) is 10.0 Å². The Balaban J connectivity index is 1.56. The second kappa shape index (κ2) is 11.0. The summed E-state index contributed by atoms with van der Waals surface area (Å²) in [5.41, 5.74) is 2.39. The number of ketones is 1. The van der Waals surface area contributed by atoms with Crippen molar-refractivity contribution in [2.45, 2.75) is 62.3 Å². The van der Waals surface area contributed by atoms with Crippen molar-refractivity contribution in [3.63, 3.8) is 0 Å². The third-order valence-corrected chi connectivity index (χ3v) is 9.91. The summed E-state index contributed by atoms with van der Waals surface area (Å²) in [6.07, 6.45) is 8.85. The number of carbonyl (C=O) groups excluding carboxylic acids is 1. The Morgan fingerprint density at radius 2 is 1.67 bits per heavy atom. The number of aromatic nitrogens is 1. The SMILES string of the molecule is Cc1ccc(S(=O)(=O)n2c(C(=O)C(C#N)=CN(C)C)cc3cc(C4CCN(C5CCCC5)CC4)ccc32)cc1. The molecule has 0 atom stereocenters. The molecule has 1 aromatic heterocycles. The van der Waals surface area contributed by atoms with Crippen molar-refractivity contribution in [1.82, 2.24) is 13.8 Å². The van der Waals surface area contributed by atoms with Gasteiger partial charge >= 0.3 is 0 Å². The monoisotopic (exact) mass is 544 g/mol. The highest BCUT2D eigenvalue weighted by atomic mass is 32.2. The summed E-state index contributed by atoms with van der Waals surface area (Å²) in [6, 6.07) is 16.7. The number of likely N-dealkylation sites (tertiary alicyclic amines) is 1. The molecule has 2 aromatic carbocycles. The fourth-order valence-electron chi connectivity index (χ4n) is 6.10. The number of nitrogens with zero attached hydrogens (tertiary/aromatic N) is 4. The largest absolute Gasteiger partial charge is 0.382 e. The van der Waals surface area contributed by atoms with Gasteiger partial charge in [-0.1, -0.05) is 36.6 Å². The standard InChI is InChI=1S/C31H36N4O3S/c1-22-8-11-28(12-9-22)39(37,38)35-29-13-10-24(23-14-16-34(17-15-23)27-6-4-5-7-27)18-25(29)19-30(35)31(36)26(20-32)21-33(2)3/h8-13,18-19,21,23,27H,4-7,14-17H2,1-3H3. The highest BCUT2D eigenvalue weighted by molar-refractivity contribution is 7.90. The van der Waals surface area contributed by atoms with Gasteiger partial charge in [-0.15, -0.1) is 0 Å². The van der Waals surface area contributed by atoms with Crippen LogP contribution in [-0.2, 0) is 10.0 Å². The van der Waals surface area contributed by atoms with Crippen LogP contribution in [0.4, 0.5) is 0 Å². The van der Waals surface area contributed by atoms with Crippen molar-refractivity contribution in [2.24, 2.45) is 0 Å². The minimum absolute atomic E-state index is 0.0339. The highest BCUT2D eigenvalue weighted by Gasteiger charge is 2.30. The van der Waals surface area contributed by atoms with Gasteiger partial charge < -0.3 is 9.80 Å². The number of aryl methyl sites for hydroxylation is 1. The topological polar surface area (TPSA) is 86.4 Å². The van der Waals surface area contributed by atoms with Crippen molar-refractivity contribution in [3.05, 3.63) is 77.1 Å². The van der Waals surface area contributed by atoms with Gasteiger partial charge in [-0.25, -0.2) is 12.4 Å². The summed E-state index contributed by atoms with van der Waals surface area (Å²) in [5.74, 6) is -0.226. The fourth-order valence-corrected chi connectivity index (χ4v) is 7.61. The Morgan fingerprint density at radius 3 is 2.28 bits per heavy atom. The van der Waals surface area contributed by atoms with Crippen molar-refractivity contribution in [2.75, 3.05) is 27.2 Å². The van der Waals surface area contributed by atoms with Crippen LogP contribution >= 0.6 is 0 Å². The van der Waals surface area contributed by atoms with E-state index in [4.69, 9.17) is 0 Å². The van der Waals surface area contributed by atoms with Crippen molar-refractivity contribution >= 4 is 26.7 Å². The molecule has 1 saturated heterocycles. The van der Waals surface area contributed by atoms with Crippen LogP contribution in [0.5, 0.6) is 0 Å². The van der Waals surface area contributed by atoms with E-state index in [0.29, 0.717) is 16.8 Å². The smallest absolute Gasteiger partial charge is 0.268 e. The Morgan fingerprint density at radius 1 is 1.00 bits per heavy atom. The van der Waals surface area contributed by atoms with Crippen LogP contribution in [0.25, 0.3) is 10.9 Å². The summed E-state index contributed by atoms with van der Waals surface area (Å²) in [6.45, 7) is 4.06. The lowest BCUT2D eigenvalue weighted by Crippen LogP contribution is -2.39. The highest BCUT2D eigenvalue weighted by Crippen LogP contribution is 2.35. The number of fused-ring (bicyclic) bond motifs is 1. The third kappa shape index (κ3) is 5.39. The van der Waals surface area contributed by atoms with Crippen molar-refractivity contribution < 1.29 is 13.2 Å². The van der Waals surface area contributed by atoms with E-state index in [1.807, 2.05) is 31.2 Å². The van der Waals surface area contributed by atoms with Gasteiger partial charge in [-0.3, -0.25) is 4.79 Å². The van der Waals surface area contributed by atoms with Crippen LogP contribution in [0.15, 0.2) is 65.2 Å². The van der Waals surface area contributed by atoms with Crippen molar-refractivity contribution in [1.29, 1.82) is 5.26 Å². The zero-order valence-electron chi connectivity index (χ0n) is 22.9. The number of piperidine rings is 1. The molecule has 0 bridgehead atoms. The molecular formula is C31H36N4O3S. The van der Waals surface area contributed by atoms with Gasteiger partial charge in [0, 0.05) is 31.7 Å². The minimum atomic E-state index is -4.10. The molecule has 204 valence electrons. The van der Waals surface area contributed by atoms with E-state index in [1.54, 1.807) is 49.3 Å². The number of hydrogen-bond donors (Lipinski definition) is 0. The van der Waals surface area contributed by atoms with Crippen LogP contribution in [0.2, 0.25) is 0 Å². The van der Waals surface area contributed by atoms with E-state index in [1.165, 1.54) is 37.4 Å². The van der Waals surface area contributed by atoms with Crippen LogP contribution in [0, 0.1) is 18.3 Å². The van der Waals surface area contributed by atoms with E-state index in [0.717, 1.165) is 41.5 Å². The maximum Gasteiger partial charge on any atom is 0.268 e. The zero-order chi connectivity index (χ0) is 27.7. The quantitative estimate of drug-likeness (QED) is 0.223. The minimum Gasteiger partial charge on any atom is -0.382 e. The van der Waals surface area contributed by atoms with Gasteiger partial charge in [0.15, 0.2) is 0 Å². The summed E-state index contributed by atoms with van der Waals surface area (Å²) < 4.78 is 29.0. The van der Waals surface area contributed by atoms with Gasteiger partial charge in [0.2, 0.25) is 5.78 Å². The molecule has 2 fully saturated rings.